The second-order valence-electron chi connectivity index (χ2n) is 3.92. The summed E-state index contributed by atoms with van der Waals surface area (Å²) in [6, 6.07) is 8.59. The van der Waals surface area contributed by atoms with Gasteiger partial charge >= 0.3 is 0 Å². The van der Waals surface area contributed by atoms with Crippen molar-refractivity contribution in [1.82, 2.24) is 9.97 Å². The lowest BCUT2D eigenvalue weighted by molar-refractivity contribution is -0.115. The van der Waals surface area contributed by atoms with Crippen molar-refractivity contribution in [2.45, 2.75) is 5.16 Å². The molecular formula is C13H13N3O3S. The summed E-state index contributed by atoms with van der Waals surface area (Å²) in [5, 5.41) is 0.363. The molecule has 0 aliphatic heterocycles. The zero-order valence-corrected chi connectivity index (χ0v) is 11.6. The van der Waals surface area contributed by atoms with E-state index < -0.39 is 5.91 Å². The lowest BCUT2D eigenvalue weighted by Crippen LogP contribution is -2.15. The third kappa shape index (κ3) is 3.61. The van der Waals surface area contributed by atoms with Gasteiger partial charge in [0.25, 0.3) is 5.56 Å². The normalized spacial score (nSPS) is 10.2. The molecule has 1 aromatic heterocycles. The Morgan fingerprint density at radius 1 is 1.40 bits per heavy atom. The first-order chi connectivity index (χ1) is 9.58. The maximum Gasteiger partial charge on any atom is 0.252 e. The van der Waals surface area contributed by atoms with Gasteiger partial charge in [0.05, 0.1) is 18.6 Å². The maximum absolute atomic E-state index is 11.6. The molecule has 1 heterocycles. The van der Waals surface area contributed by atoms with E-state index in [1.54, 1.807) is 19.2 Å². The molecule has 1 aromatic carbocycles. The summed E-state index contributed by atoms with van der Waals surface area (Å²) >= 11 is 1.09. The molecule has 0 saturated heterocycles. The highest BCUT2D eigenvalue weighted by Crippen LogP contribution is 2.21. The van der Waals surface area contributed by atoms with E-state index in [1.165, 1.54) is 6.07 Å². The zero-order valence-electron chi connectivity index (χ0n) is 10.8. The number of benzene rings is 1. The molecule has 1 amide bonds. The fourth-order valence-corrected chi connectivity index (χ4v) is 2.17. The quantitative estimate of drug-likeness (QED) is 0.633. The van der Waals surface area contributed by atoms with Crippen LogP contribution in [0, 0.1) is 0 Å². The minimum atomic E-state index is -0.465. The van der Waals surface area contributed by atoms with E-state index in [4.69, 9.17) is 10.5 Å². The number of nitrogens with one attached hydrogen (secondary N) is 1. The first-order valence-corrected chi connectivity index (χ1v) is 6.74. The van der Waals surface area contributed by atoms with Crippen LogP contribution in [-0.2, 0) is 4.79 Å². The number of nitrogens with zero attached hydrogens (tertiary/aromatic N) is 1. The molecule has 2 rings (SSSR count). The van der Waals surface area contributed by atoms with Crippen molar-refractivity contribution in [2.75, 3.05) is 12.9 Å². The van der Waals surface area contributed by atoms with E-state index in [9.17, 15) is 9.59 Å². The van der Waals surface area contributed by atoms with Crippen LogP contribution in [0.25, 0.3) is 11.3 Å². The van der Waals surface area contributed by atoms with Gasteiger partial charge in [-0.1, -0.05) is 11.8 Å². The van der Waals surface area contributed by atoms with Crippen LogP contribution < -0.4 is 16.0 Å². The standard InChI is InChI=1S/C13H13N3O3S/c1-19-9-4-2-8(3-5-9)10-6-12(18)16-13(15-10)20-7-11(14)17/h2-6H,7H2,1H3,(H2,14,17)(H,15,16,18). The molecule has 0 saturated carbocycles. The molecule has 0 unspecified atom stereocenters. The number of amides is 1. The summed E-state index contributed by atoms with van der Waals surface area (Å²) in [5.74, 6) is 0.323. The number of nitrogens with two attached hydrogens (primary N) is 1. The van der Waals surface area contributed by atoms with Crippen LogP contribution in [0.4, 0.5) is 0 Å². The van der Waals surface area contributed by atoms with Gasteiger partial charge in [0.2, 0.25) is 5.91 Å². The topological polar surface area (TPSA) is 98.1 Å². The molecule has 104 valence electrons. The van der Waals surface area contributed by atoms with Crippen LogP contribution in [0.2, 0.25) is 0 Å². The number of carbonyl (C=O) groups excluding carboxylic acids is 1. The summed E-state index contributed by atoms with van der Waals surface area (Å²) in [4.78, 5) is 29.2. The molecule has 0 radical (unpaired) electrons. The Labute approximate surface area is 119 Å². The van der Waals surface area contributed by atoms with Crippen molar-refractivity contribution < 1.29 is 9.53 Å². The van der Waals surface area contributed by atoms with Gasteiger partial charge in [-0.3, -0.25) is 9.59 Å². The number of hydrogen-bond donors (Lipinski definition) is 2. The molecule has 3 N–H and O–H groups in total. The fraction of sp³-hybridized carbons (Fsp3) is 0.154. The van der Waals surface area contributed by atoms with Crippen LogP contribution in [-0.4, -0.2) is 28.7 Å². The van der Waals surface area contributed by atoms with E-state index in [0.717, 1.165) is 23.1 Å². The van der Waals surface area contributed by atoms with E-state index in [2.05, 4.69) is 9.97 Å². The van der Waals surface area contributed by atoms with E-state index in [-0.39, 0.29) is 11.3 Å². The van der Waals surface area contributed by atoms with Gasteiger partial charge in [-0.25, -0.2) is 4.98 Å². The van der Waals surface area contributed by atoms with E-state index in [1.807, 2.05) is 12.1 Å². The van der Waals surface area contributed by atoms with Gasteiger partial charge in [-0.2, -0.15) is 0 Å². The number of thioether (sulfide) groups is 1. The Kier molecular flexibility index (Phi) is 4.41. The molecule has 0 fully saturated rings. The minimum absolute atomic E-state index is 0.0645. The summed E-state index contributed by atoms with van der Waals surface area (Å²) in [6.45, 7) is 0. The molecule has 0 spiro atoms. The Hall–Kier alpha value is -2.28. The first kappa shape index (κ1) is 14.1. The largest absolute Gasteiger partial charge is 0.497 e. The number of aromatic amines is 1. The van der Waals surface area contributed by atoms with Crippen molar-refractivity contribution in [3.8, 4) is 17.0 Å². The first-order valence-electron chi connectivity index (χ1n) is 5.75. The second-order valence-corrected chi connectivity index (χ2v) is 4.88. The van der Waals surface area contributed by atoms with Gasteiger partial charge in [0.1, 0.15) is 5.75 Å². The SMILES string of the molecule is COc1ccc(-c2cc(=O)[nH]c(SCC(N)=O)n2)cc1. The molecule has 2 aromatic rings. The van der Waals surface area contributed by atoms with Crippen LogP contribution in [0.15, 0.2) is 40.3 Å². The average molecular weight is 291 g/mol. The molecule has 6 nitrogen and oxygen atoms in total. The van der Waals surface area contributed by atoms with Gasteiger partial charge in [0, 0.05) is 11.6 Å². The molecule has 7 heteroatoms. The smallest absolute Gasteiger partial charge is 0.252 e. The van der Waals surface area contributed by atoms with Crippen LogP contribution in [0.3, 0.4) is 0 Å². The van der Waals surface area contributed by atoms with Crippen LogP contribution >= 0.6 is 11.8 Å². The Bertz CT molecular complexity index is 667. The predicted molar refractivity (Wildman–Crippen MR) is 76.8 cm³/mol. The lowest BCUT2D eigenvalue weighted by Gasteiger charge is -2.04. The molecule has 0 atom stereocenters. The number of primary amides is 1. The Morgan fingerprint density at radius 2 is 2.10 bits per heavy atom. The summed E-state index contributed by atoms with van der Waals surface area (Å²) < 4.78 is 5.07. The Morgan fingerprint density at radius 3 is 2.70 bits per heavy atom. The number of hydrogen-bond acceptors (Lipinski definition) is 5. The summed E-state index contributed by atoms with van der Waals surface area (Å²) in [5.41, 5.74) is 6.11. The zero-order chi connectivity index (χ0) is 14.5. The van der Waals surface area contributed by atoms with Crippen molar-refractivity contribution in [1.29, 1.82) is 0 Å². The highest BCUT2D eigenvalue weighted by molar-refractivity contribution is 7.99. The third-order valence-electron chi connectivity index (χ3n) is 2.46. The van der Waals surface area contributed by atoms with E-state index >= 15 is 0 Å². The van der Waals surface area contributed by atoms with E-state index in [0.29, 0.717) is 10.9 Å². The number of H-pyrrole nitrogens is 1. The summed E-state index contributed by atoms with van der Waals surface area (Å²) in [7, 11) is 1.58. The van der Waals surface area contributed by atoms with Gasteiger partial charge in [-0.15, -0.1) is 0 Å². The molecular weight excluding hydrogens is 278 g/mol. The van der Waals surface area contributed by atoms with Gasteiger partial charge in [-0.05, 0) is 24.3 Å². The van der Waals surface area contributed by atoms with Crippen LogP contribution in [0.1, 0.15) is 0 Å². The number of carbonyl (C=O) groups is 1. The number of ether oxygens (including phenoxy) is 1. The fourth-order valence-electron chi connectivity index (χ4n) is 1.55. The lowest BCUT2D eigenvalue weighted by atomic mass is 10.1. The van der Waals surface area contributed by atoms with Gasteiger partial charge in [0.15, 0.2) is 5.16 Å². The molecule has 0 aliphatic rings. The Balaban J connectivity index is 2.30. The maximum atomic E-state index is 11.6. The van der Waals surface area contributed by atoms with Crippen molar-refractivity contribution >= 4 is 17.7 Å². The van der Waals surface area contributed by atoms with Crippen molar-refractivity contribution in [3.05, 3.63) is 40.7 Å². The minimum Gasteiger partial charge on any atom is -0.497 e. The third-order valence-corrected chi connectivity index (χ3v) is 3.35. The number of methoxy groups -OCH3 is 1. The van der Waals surface area contributed by atoms with Crippen molar-refractivity contribution in [3.63, 3.8) is 0 Å². The second kappa shape index (κ2) is 6.25. The highest BCUT2D eigenvalue weighted by Gasteiger charge is 2.06. The highest BCUT2D eigenvalue weighted by atomic mass is 32.2. The molecule has 20 heavy (non-hydrogen) atoms. The van der Waals surface area contributed by atoms with Crippen LogP contribution in [0.5, 0.6) is 5.75 Å². The average Bonchev–Trinajstić information content (AvgIpc) is 2.44. The summed E-state index contributed by atoms with van der Waals surface area (Å²) in [6.07, 6.45) is 0. The van der Waals surface area contributed by atoms with Crippen molar-refractivity contribution in [2.24, 2.45) is 5.73 Å². The molecule has 0 aliphatic carbocycles. The number of rotatable bonds is 5. The monoisotopic (exact) mass is 291 g/mol. The molecule has 0 bridgehead atoms. The number of aromatic nitrogens is 2. The predicted octanol–water partition coefficient (Wildman–Crippen LogP) is 1.02. The van der Waals surface area contributed by atoms with Gasteiger partial charge < -0.3 is 15.5 Å².